The number of rotatable bonds is 3. The van der Waals surface area contributed by atoms with Crippen LogP contribution in [0.3, 0.4) is 0 Å². The van der Waals surface area contributed by atoms with Crippen molar-refractivity contribution in [2.24, 2.45) is 0 Å². The molecule has 0 radical (unpaired) electrons. The summed E-state index contributed by atoms with van der Waals surface area (Å²) in [5.74, 6) is 0. The van der Waals surface area contributed by atoms with Crippen molar-refractivity contribution in [1.82, 2.24) is 4.98 Å². The maximum Gasteiger partial charge on any atom is 0.112 e. The maximum absolute atomic E-state index is 6.15. The predicted octanol–water partition coefficient (Wildman–Crippen LogP) is 4.63. The number of anilines is 1. The van der Waals surface area contributed by atoms with E-state index in [1.807, 2.05) is 25.1 Å². The lowest BCUT2D eigenvalue weighted by Crippen LogP contribution is -1.99. The summed E-state index contributed by atoms with van der Waals surface area (Å²) in [5, 5.41) is 5.15. The van der Waals surface area contributed by atoms with Gasteiger partial charge in [0.25, 0.3) is 0 Å². The second-order valence-electron chi connectivity index (χ2n) is 3.73. The third kappa shape index (κ3) is 3.33. The quantitative estimate of drug-likeness (QED) is 0.788. The van der Waals surface area contributed by atoms with E-state index >= 15 is 0 Å². The van der Waals surface area contributed by atoms with Crippen LogP contribution in [0.5, 0.6) is 0 Å². The molecule has 0 aliphatic carbocycles. The molecule has 0 fully saturated rings. The first-order valence-electron chi connectivity index (χ1n) is 5.18. The third-order valence-corrected chi connectivity index (χ3v) is 4.49. The predicted molar refractivity (Wildman–Crippen MR) is 83.1 cm³/mol. The summed E-state index contributed by atoms with van der Waals surface area (Å²) in [7, 11) is 0. The normalized spacial score (nSPS) is 10.6. The topological polar surface area (TPSA) is 24.9 Å². The molecule has 0 bridgehead atoms. The first kappa shape index (κ1) is 13.1. The van der Waals surface area contributed by atoms with E-state index < -0.39 is 0 Å². The van der Waals surface area contributed by atoms with E-state index in [0.717, 1.165) is 31.5 Å². The van der Waals surface area contributed by atoms with Gasteiger partial charge in [0.1, 0.15) is 5.01 Å². The lowest BCUT2D eigenvalue weighted by atomic mass is 10.3. The SMILES string of the molecule is Cc1nc(CNc2ccc(I)cc2Cl)sc1C. The number of nitrogens with one attached hydrogen (secondary N) is 1. The Bertz CT molecular complexity index is 520. The van der Waals surface area contributed by atoms with Crippen LogP contribution in [0, 0.1) is 17.4 Å². The Hall–Kier alpha value is -0.330. The van der Waals surface area contributed by atoms with Gasteiger partial charge in [-0.25, -0.2) is 4.98 Å². The minimum absolute atomic E-state index is 0.722. The van der Waals surface area contributed by atoms with Crippen LogP contribution in [0.1, 0.15) is 15.6 Å². The zero-order chi connectivity index (χ0) is 12.4. The molecular formula is C12H12ClIN2S. The molecule has 0 spiro atoms. The molecule has 2 nitrogen and oxygen atoms in total. The van der Waals surface area contributed by atoms with Gasteiger partial charge < -0.3 is 5.32 Å². The molecule has 1 aromatic carbocycles. The molecule has 0 atom stereocenters. The summed E-state index contributed by atoms with van der Waals surface area (Å²) in [6, 6.07) is 5.98. The minimum atomic E-state index is 0.722. The van der Waals surface area contributed by atoms with Gasteiger partial charge in [-0.2, -0.15) is 0 Å². The number of nitrogens with zero attached hydrogens (tertiary/aromatic N) is 1. The van der Waals surface area contributed by atoms with Crippen LogP contribution in [-0.4, -0.2) is 4.98 Å². The molecule has 1 aromatic heterocycles. The van der Waals surface area contributed by atoms with Crippen molar-refractivity contribution >= 4 is 51.2 Å². The highest BCUT2D eigenvalue weighted by Crippen LogP contribution is 2.25. The molecule has 17 heavy (non-hydrogen) atoms. The van der Waals surface area contributed by atoms with Crippen molar-refractivity contribution in [3.8, 4) is 0 Å². The highest BCUT2D eigenvalue weighted by molar-refractivity contribution is 14.1. The summed E-state index contributed by atoms with van der Waals surface area (Å²) in [4.78, 5) is 5.76. The van der Waals surface area contributed by atoms with E-state index in [1.54, 1.807) is 11.3 Å². The highest BCUT2D eigenvalue weighted by Gasteiger charge is 2.05. The highest BCUT2D eigenvalue weighted by atomic mass is 127. The second kappa shape index (κ2) is 5.54. The average Bonchev–Trinajstić information content (AvgIpc) is 2.57. The summed E-state index contributed by atoms with van der Waals surface area (Å²) < 4.78 is 1.14. The molecule has 1 N–H and O–H groups in total. The lowest BCUT2D eigenvalue weighted by molar-refractivity contribution is 1.07. The Morgan fingerprint density at radius 1 is 1.41 bits per heavy atom. The summed E-state index contributed by atoms with van der Waals surface area (Å²) in [6.07, 6.45) is 0. The number of hydrogen-bond acceptors (Lipinski definition) is 3. The molecule has 2 aromatic rings. The van der Waals surface area contributed by atoms with Gasteiger partial charge in [-0.1, -0.05) is 11.6 Å². The first-order chi connectivity index (χ1) is 8.06. The Balaban J connectivity index is 2.07. The Labute approximate surface area is 124 Å². The van der Waals surface area contributed by atoms with Crippen molar-refractivity contribution in [3.05, 3.63) is 42.4 Å². The van der Waals surface area contributed by atoms with Crippen molar-refractivity contribution in [1.29, 1.82) is 0 Å². The van der Waals surface area contributed by atoms with Crippen LogP contribution in [0.2, 0.25) is 5.02 Å². The third-order valence-electron chi connectivity index (χ3n) is 2.43. The molecule has 0 saturated heterocycles. The van der Waals surface area contributed by atoms with Gasteiger partial charge in [0.2, 0.25) is 0 Å². The van der Waals surface area contributed by atoms with Crippen LogP contribution < -0.4 is 5.32 Å². The Morgan fingerprint density at radius 2 is 2.18 bits per heavy atom. The van der Waals surface area contributed by atoms with Crippen molar-refractivity contribution < 1.29 is 0 Å². The standard InChI is InChI=1S/C12H12ClIN2S/c1-7-8(2)17-12(16-7)6-15-11-4-3-9(14)5-10(11)13/h3-5,15H,6H2,1-2H3. The molecule has 0 saturated carbocycles. The van der Waals surface area contributed by atoms with Gasteiger partial charge in [-0.3, -0.25) is 0 Å². The number of aromatic nitrogens is 1. The molecule has 0 amide bonds. The van der Waals surface area contributed by atoms with Crippen LogP contribution in [-0.2, 0) is 6.54 Å². The van der Waals surface area contributed by atoms with Gasteiger partial charge in [-0.15, -0.1) is 11.3 Å². The Morgan fingerprint density at radius 3 is 2.76 bits per heavy atom. The largest absolute Gasteiger partial charge is 0.377 e. The van der Waals surface area contributed by atoms with Gasteiger partial charge in [0.05, 0.1) is 22.9 Å². The summed E-state index contributed by atoms with van der Waals surface area (Å²) >= 11 is 10.1. The number of benzene rings is 1. The lowest BCUT2D eigenvalue weighted by Gasteiger charge is -2.06. The molecule has 0 aliphatic rings. The van der Waals surface area contributed by atoms with E-state index in [1.165, 1.54) is 4.88 Å². The van der Waals surface area contributed by atoms with Gasteiger partial charge in [0.15, 0.2) is 0 Å². The van der Waals surface area contributed by atoms with Crippen LogP contribution in [0.25, 0.3) is 0 Å². The molecule has 2 rings (SSSR count). The van der Waals surface area contributed by atoms with Gasteiger partial charge >= 0.3 is 0 Å². The second-order valence-corrected chi connectivity index (χ2v) is 6.67. The number of halogens is 2. The van der Waals surface area contributed by atoms with Crippen molar-refractivity contribution in [3.63, 3.8) is 0 Å². The Kier molecular flexibility index (Phi) is 4.27. The van der Waals surface area contributed by atoms with E-state index in [2.05, 4.69) is 39.8 Å². The van der Waals surface area contributed by atoms with E-state index in [0.29, 0.717) is 0 Å². The monoisotopic (exact) mass is 378 g/mol. The molecule has 90 valence electrons. The molecule has 0 aliphatic heterocycles. The molecule has 0 unspecified atom stereocenters. The fraction of sp³-hybridized carbons (Fsp3) is 0.250. The maximum atomic E-state index is 6.15. The zero-order valence-corrected chi connectivity index (χ0v) is 13.3. The molecule has 5 heteroatoms. The van der Waals surface area contributed by atoms with E-state index in [4.69, 9.17) is 11.6 Å². The zero-order valence-electron chi connectivity index (χ0n) is 9.55. The summed E-state index contributed by atoms with van der Waals surface area (Å²) in [6.45, 7) is 4.85. The minimum Gasteiger partial charge on any atom is -0.377 e. The number of thiazole rings is 1. The van der Waals surface area contributed by atoms with E-state index in [9.17, 15) is 0 Å². The fourth-order valence-electron chi connectivity index (χ4n) is 1.42. The number of aryl methyl sites for hydroxylation is 2. The summed E-state index contributed by atoms with van der Waals surface area (Å²) in [5.41, 5.74) is 2.07. The fourth-order valence-corrected chi connectivity index (χ4v) is 3.21. The van der Waals surface area contributed by atoms with Crippen molar-refractivity contribution in [2.45, 2.75) is 20.4 Å². The number of hydrogen-bond donors (Lipinski definition) is 1. The van der Waals surface area contributed by atoms with Gasteiger partial charge in [0, 0.05) is 8.45 Å². The van der Waals surface area contributed by atoms with Crippen LogP contribution in [0.15, 0.2) is 18.2 Å². The van der Waals surface area contributed by atoms with Crippen LogP contribution >= 0.6 is 45.5 Å². The average molecular weight is 379 g/mol. The first-order valence-corrected chi connectivity index (χ1v) is 7.45. The molecule has 1 heterocycles. The van der Waals surface area contributed by atoms with Gasteiger partial charge in [-0.05, 0) is 54.6 Å². The molecular weight excluding hydrogens is 367 g/mol. The van der Waals surface area contributed by atoms with Crippen molar-refractivity contribution in [2.75, 3.05) is 5.32 Å². The smallest absolute Gasteiger partial charge is 0.112 e. The van der Waals surface area contributed by atoms with E-state index in [-0.39, 0.29) is 0 Å². The van der Waals surface area contributed by atoms with Crippen LogP contribution in [0.4, 0.5) is 5.69 Å².